The Balaban J connectivity index is 1.97. The molecule has 0 aromatic carbocycles. The lowest BCUT2D eigenvalue weighted by molar-refractivity contribution is 0.0153. The Morgan fingerprint density at radius 1 is 1.50 bits per heavy atom. The van der Waals surface area contributed by atoms with Crippen LogP contribution in [0.25, 0.3) is 0 Å². The van der Waals surface area contributed by atoms with Gasteiger partial charge in [-0.2, -0.15) is 0 Å². The van der Waals surface area contributed by atoms with Crippen molar-refractivity contribution in [3.8, 4) is 0 Å². The van der Waals surface area contributed by atoms with Gasteiger partial charge in [0.2, 0.25) is 0 Å². The summed E-state index contributed by atoms with van der Waals surface area (Å²) in [7, 11) is 2.16. The molecule has 2 saturated heterocycles. The highest BCUT2D eigenvalue weighted by molar-refractivity contribution is 4.82. The van der Waals surface area contributed by atoms with E-state index in [1.165, 1.54) is 6.54 Å². The van der Waals surface area contributed by atoms with Crippen molar-refractivity contribution < 1.29 is 4.74 Å². The molecule has 0 aromatic rings. The van der Waals surface area contributed by atoms with E-state index in [2.05, 4.69) is 16.8 Å². The molecule has 0 spiro atoms. The second-order valence-corrected chi connectivity index (χ2v) is 3.22. The molecule has 0 amide bonds. The molecule has 2 heterocycles. The van der Waals surface area contributed by atoms with Gasteiger partial charge in [0.1, 0.15) is 0 Å². The van der Waals surface area contributed by atoms with Crippen LogP contribution in [0.4, 0.5) is 0 Å². The van der Waals surface area contributed by atoms with Gasteiger partial charge in [0.15, 0.2) is 0 Å². The van der Waals surface area contributed by atoms with Crippen molar-refractivity contribution in [2.24, 2.45) is 0 Å². The highest BCUT2D eigenvalue weighted by Crippen LogP contribution is 2.14. The average Bonchev–Trinajstić information content (AvgIpc) is 2.27. The summed E-state index contributed by atoms with van der Waals surface area (Å²) >= 11 is 0. The van der Waals surface area contributed by atoms with Crippen molar-refractivity contribution in [3.05, 3.63) is 0 Å². The van der Waals surface area contributed by atoms with E-state index in [9.17, 15) is 0 Å². The Labute approximate surface area is 61.6 Å². The second kappa shape index (κ2) is 2.49. The quantitative estimate of drug-likeness (QED) is 0.457. The largest absolute Gasteiger partial charge is 0.378 e. The SMILES string of the molecule is CN1CC2COCCN2C1. The number of morpholine rings is 1. The summed E-state index contributed by atoms with van der Waals surface area (Å²) in [5, 5.41) is 0. The van der Waals surface area contributed by atoms with E-state index in [0.29, 0.717) is 6.04 Å². The van der Waals surface area contributed by atoms with Crippen molar-refractivity contribution in [2.45, 2.75) is 6.04 Å². The fourth-order valence-corrected chi connectivity index (χ4v) is 1.77. The van der Waals surface area contributed by atoms with Gasteiger partial charge in [-0.25, -0.2) is 0 Å². The van der Waals surface area contributed by atoms with Crippen LogP contribution in [-0.2, 0) is 4.74 Å². The first-order valence-electron chi connectivity index (χ1n) is 3.86. The fraction of sp³-hybridized carbons (Fsp3) is 1.00. The molecule has 0 bridgehead atoms. The molecule has 3 nitrogen and oxygen atoms in total. The molecule has 0 aliphatic carbocycles. The fourth-order valence-electron chi connectivity index (χ4n) is 1.77. The third-order valence-electron chi connectivity index (χ3n) is 2.29. The number of hydrogen-bond donors (Lipinski definition) is 0. The number of hydrogen-bond acceptors (Lipinski definition) is 3. The maximum atomic E-state index is 5.36. The monoisotopic (exact) mass is 142 g/mol. The Morgan fingerprint density at radius 3 is 3.20 bits per heavy atom. The van der Waals surface area contributed by atoms with E-state index < -0.39 is 0 Å². The summed E-state index contributed by atoms with van der Waals surface area (Å²) in [5.41, 5.74) is 0. The number of likely N-dealkylation sites (N-methyl/N-ethyl adjacent to an activating group) is 1. The van der Waals surface area contributed by atoms with E-state index in [4.69, 9.17) is 4.74 Å². The molecule has 2 fully saturated rings. The Kier molecular flexibility index (Phi) is 1.64. The minimum atomic E-state index is 0.679. The zero-order chi connectivity index (χ0) is 6.97. The van der Waals surface area contributed by atoms with Crippen LogP contribution in [0.5, 0.6) is 0 Å². The third-order valence-corrected chi connectivity index (χ3v) is 2.29. The molecule has 0 radical (unpaired) electrons. The minimum Gasteiger partial charge on any atom is -0.378 e. The summed E-state index contributed by atoms with van der Waals surface area (Å²) in [6.07, 6.45) is 0. The summed E-state index contributed by atoms with van der Waals surface area (Å²) in [6, 6.07) is 0.679. The zero-order valence-electron chi connectivity index (χ0n) is 6.42. The number of nitrogens with zero attached hydrogens (tertiary/aromatic N) is 2. The third kappa shape index (κ3) is 1.05. The van der Waals surface area contributed by atoms with E-state index >= 15 is 0 Å². The van der Waals surface area contributed by atoms with Gasteiger partial charge in [-0.3, -0.25) is 9.80 Å². The van der Waals surface area contributed by atoms with E-state index in [0.717, 1.165) is 26.4 Å². The van der Waals surface area contributed by atoms with Crippen LogP contribution in [-0.4, -0.2) is 55.9 Å². The Bertz CT molecular complexity index is 115. The molecular formula is C7H14N2O. The van der Waals surface area contributed by atoms with E-state index in [-0.39, 0.29) is 0 Å². The van der Waals surface area contributed by atoms with Crippen molar-refractivity contribution in [1.82, 2.24) is 9.80 Å². The molecule has 3 heteroatoms. The van der Waals surface area contributed by atoms with Crippen molar-refractivity contribution >= 4 is 0 Å². The van der Waals surface area contributed by atoms with Gasteiger partial charge >= 0.3 is 0 Å². The lowest BCUT2D eigenvalue weighted by Gasteiger charge is -2.27. The first kappa shape index (κ1) is 6.58. The van der Waals surface area contributed by atoms with Crippen LogP contribution < -0.4 is 0 Å². The molecule has 1 unspecified atom stereocenters. The second-order valence-electron chi connectivity index (χ2n) is 3.22. The maximum Gasteiger partial charge on any atom is 0.0635 e. The van der Waals surface area contributed by atoms with Gasteiger partial charge in [-0.1, -0.05) is 0 Å². The Hall–Kier alpha value is -0.120. The van der Waals surface area contributed by atoms with Crippen LogP contribution in [0, 0.1) is 0 Å². The van der Waals surface area contributed by atoms with Crippen LogP contribution >= 0.6 is 0 Å². The van der Waals surface area contributed by atoms with Gasteiger partial charge in [0.05, 0.1) is 19.9 Å². The molecular weight excluding hydrogens is 128 g/mol. The molecule has 0 aromatic heterocycles. The number of rotatable bonds is 0. The van der Waals surface area contributed by atoms with Gasteiger partial charge in [-0.15, -0.1) is 0 Å². The lowest BCUT2D eigenvalue weighted by atomic mass is 10.3. The van der Waals surface area contributed by atoms with Gasteiger partial charge in [-0.05, 0) is 7.05 Å². The van der Waals surface area contributed by atoms with Crippen LogP contribution in [0.2, 0.25) is 0 Å². The molecule has 0 N–H and O–H groups in total. The normalized spacial score (nSPS) is 36.3. The topological polar surface area (TPSA) is 15.7 Å². The predicted molar refractivity (Wildman–Crippen MR) is 38.8 cm³/mol. The molecule has 0 saturated carbocycles. The first-order chi connectivity index (χ1) is 4.86. The molecule has 10 heavy (non-hydrogen) atoms. The minimum absolute atomic E-state index is 0.679. The van der Waals surface area contributed by atoms with E-state index in [1.807, 2.05) is 0 Å². The summed E-state index contributed by atoms with van der Waals surface area (Å²) in [6.45, 7) is 5.29. The van der Waals surface area contributed by atoms with Crippen molar-refractivity contribution in [3.63, 3.8) is 0 Å². The number of ether oxygens (including phenoxy) is 1. The Morgan fingerprint density at radius 2 is 2.40 bits per heavy atom. The highest BCUT2D eigenvalue weighted by Gasteiger charge is 2.30. The summed E-state index contributed by atoms with van der Waals surface area (Å²) in [5.74, 6) is 0. The molecule has 2 aliphatic rings. The van der Waals surface area contributed by atoms with Gasteiger partial charge in [0, 0.05) is 19.1 Å². The van der Waals surface area contributed by atoms with Crippen LogP contribution in [0.1, 0.15) is 0 Å². The smallest absolute Gasteiger partial charge is 0.0635 e. The van der Waals surface area contributed by atoms with Crippen LogP contribution in [0.15, 0.2) is 0 Å². The predicted octanol–water partition coefficient (Wildman–Crippen LogP) is -0.410. The highest BCUT2D eigenvalue weighted by atomic mass is 16.5. The summed E-state index contributed by atoms with van der Waals surface area (Å²) < 4.78 is 5.36. The zero-order valence-corrected chi connectivity index (χ0v) is 6.42. The van der Waals surface area contributed by atoms with Gasteiger partial charge in [0.25, 0.3) is 0 Å². The van der Waals surface area contributed by atoms with Gasteiger partial charge < -0.3 is 4.74 Å². The lowest BCUT2D eigenvalue weighted by Crippen LogP contribution is -2.41. The summed E-state index contributed by atoms with van der Waals surface area (Å²) in [4.78, 5) is 4.84. The van der Waals surface area contributed by atoms with Crippen molar-refractivity contribution in [2.75, 3.05) is 40.0 Å². The number of fused-ring (bicyclic) bond motifs is 1. The average molecular weight is 142 g/mol. The molecule has 58 valence electrons. The van der Waals surface area contributed by atoms with Crippen LogP contribution in [0.3, 0.4) is 0 Å². The standard InChI is InChI=1S/C7H14N2O/c1-8-4-7-5-10-3-2-9(7)6-8/h7H,2-6H2,1H3. The van der Waals surface area contributed by atoms with E-state index in [1.54, 1.807) is 0 Å². The maximum absolute atomic E-state index is 5.36. The molecule has 1 atom stereocenters. The first-order valence-corrected chi connectivity index (χ1v) is 3.86. The molecule has 2 rings (SSSR count). The van der Waals surface area contributed by atoms with Crippen molar-refractivity contribution in [1.29, 1.82) is 0 Å². The molecule has 2 aliphatic heterocycles.